The molecule has 0 aliphatic carbocycles. The molecule has 3 aromatic carbocycles. The zero-order valence-corrected chi connectivity index (χ0v) is 16.6. The van der Waals surface area contributed by atoms with Crippen LogP contribution < -0.4 is 9.75 Å². The highest BCUT2D eigenvalue weighted by Crippen LogP contribution is 2.41. The second kappa shape index (κ2) is 7.52. The van der Waals surface area contributed by atoms with E-state index < -0.39 is 0 Å². The molecule has 5 nitrogen and oxygen atoms in total. The van der Waals surface area contributed by atoms with Gasteiger partial charge in [-0.25, -0.2) is 0 Å². The van der Waals surface area contributed by atoms with Gasteiger partial charge in [0.15, 0.2) is 0 Å². The first kappa shape index (κ1) is 18.2. The number of phenolic OH excluding ortho intramolecular Hbond substituents is 1. The summed E-state index contributed by atoms with van der Waals surface area (Å²) < 4.78 is 5.28. The van der Waals surface area contributed by atoms with E-state index in [0.717, 1.165) is 33.7 Å². The van der Waals surface area contributed by atoms with Gasteiger partial charge in [-0.05, 0) is 48.0 Å². The number of benzene rings is 3. The fourth-order valence-corrected chi connectivity index (χ4v) is 3.94. The summed E-state index contributed by atoms with van der Waals surface area (Å²) in [7, 11) is 1.66. The molecule has 1 aliphatic rings. The molecular formula is C25H21N3O2. The van der Waals surface area contributed by atoms with Crippen molar-refractivity contribution >= 4 is 22.3 Å². The fraction of sp³-hybridized carbons (Fsp3) is 0.120. The maximum absolute atomic E-state index is 11.0. The van der Waals surface area contributed by atoms with Crippen LogP contribution in [0.15, 0.2) is 90.2 Å². The zero-order valence-electron chi connectivity index (χ0n) is 16.6. The number of pyridine rings is 1. The molecule has 30 heavy (non-hydrogen) atoms. The number of aromatic nitrogens is 1. The number of rotatable bonds is 4. The van der Waals surface area contributed by atoms with Gasteiger partial charge in [-0.3, -0.25) is 9.99 Å². The minimum Gasteiger partial charge on any atom is -0.505 e. The average molecular weight is 395 g/mol. The number of hydrazone groups is 1. The summed E-state index contributed by atoms with van der Waals surface area (Å²) in [5.74, 6) is 1.03. The monoisotopic (exact) mass is 395 g/mol. The Hall–Kier alpha value is -3.86. The molecule has 0 unspecified atom stereocenters. The van der Waals surface area contributed by atoms with E-state index in [2.05, 4.69) is 4.98 Å². The van der Waals surface area contributed by atoms with Crippen molar-refractivity contribution in [1.82, 2.24) is 4.98 Å². The first-order valence-corrected chi connectivity index (χ1v) is 9.87. The van der Waals surface area contributed by atoms with E-state index in [-0.39, 0.29) is 11.8 Å². The highest BCUT2D eigenvalue weighted by atomic mass is 16.5. The molecule has 0 fully saturated rings. The summed E-state index contributed by atoms with van der Waals surface area (Å²) in [6.45, 7) is 0. The molecule has 0 saturated heterocycles. The zero-order chi connectivity index (χ0) is 20.5. The maximum Gasteiger partial charge on any atom is 0.147 e. The minimum absolute atomic E-state index is 0.129. The smallest absolute Gasteiger partial charge is 0.147 e. The van der Waals surface area contributed by atoms with E-state index in [4.69, 9.17) is 9.84 Å². The Morgan fingerprint density at radius 1 is 0.933 bits per heavy atom. The molecule has 0 bridgehead atoms. The van der Waals surface area contributed by atoms with Crippen LogP contribution in [0.25, 0.3) is 10.9 Å². The first-order chi connectivity index (χ1) is 14.7. The lowest BCUT2D eigenvalue weighted by atomic mass is 9.96. The largest absolute Gasteiger partial charge is 0.505 e. The van der Waals surface area contributed by atoms with Crippen LogP contribution >= 0.6 is 0 Å². The second-order valence-corrected chi connectivity index (χ2v) is 7.25. The van der Waals surface area contributed by atoms with Gasteiger partial charge in [-0.2, -0.15) is 5.10 Å². The molecule has 0 spiro atoms. The minimum atomic E-state index is -0.129. The normalized spacial score (nSPS) is 16.0. The van der Waals surface area contributed by atoms with Gasteiger partial charge >= 0.3 is 0 Å². The first-order valence-electron chi connectivity index (χ1n) is 9.87. The van der Waals surface area contributed by atoms with E-state index in [1.54, 1.807) is 13.3 Å². The van der Waals surface area contributed by atoms with Gasteiger partial charge in [0.2, 0.25) is 0 Å². The van der Waals surface area contributed by atoms with E-state index in [1.807, 2.05) is 83.9 Å². The number of ether oxygens (including phenoxy) is 1. The number of phenols is 1. The quantitative estimate of drug-likeness (QED) is 0.509. The standard InChI is InChI=1S/C25H21N3O2/c1-30-20-12-9-17(10-13-20)22-16-23(28(27-22)19-7-3-2-4-8-19)21-14-11-18-6-5-15-26-24(18)25(21)29/h2-15,23,29H,16H2,1H3/t23-/m0/s1. The molecule has 1 aromatic heterocycles. The molecular weight excluding hydrogens is 374 g/mol. The second-order valence-electron chi connectivity index (χ2n) is 7.25. The molecule has 5 rings (SSSR count). The van der Waals surface area contributed by atoms with Crippen molar-refractivity contribution in [3.63, 3.8) is 0 Å². The summed E-state index contributed by atoms with van der Waals surface area (Å²) in [6.07, 6.45) is 2.38. The van der Waals surface area contributed by atoms with Crippen molar-refractivity contribution in [3.05, 3.63) is 96.2 Å². The fourth-order valence-electron chi connectivity index (χ4n) is 3.94. The van der Waals surface area contributed by atoms with Crippen LogP contribution in [-0.2, 0) is 0 Å². The Morgan fingerprint density at radius 3 is 2.50 bits per heavy atom. The highest BCUT2D eigenvalue weighted by Gasteiger charge is 2.32. The number of hydrogen-bond donors (Lipinski definition) is 1. The lowest BCUT2D eigenvalue weighted by Crippen LogP contribution is -2.18. The predicted octanol–water partition coefficient (Wildman–Crippen LogP) is 5.30. The van der Waals surface area contributed by atoms with E-state index >= 15 is 0 Å². The summed E-state index contributed by atoms with van der Waals surface area (Å²) in [5, 5.41) is 18.9. The SMILES string of the molecule is COc1ccc(C2=NN(c3ccccc3)[C@H](c3ccc4cccnc4c3O)C2)cc1. The predicted molar refractivity (Wildman–Crippen MR) is 119 cm³/mol. The van der Waals surface area contributed by atoms with Gasteiger partial charge in [-0.1, -0.05) is 36.4 Å². The van der Waals surface area contributed by atoms with Gasteiger partial charge in [0.25, 0.3) is 0 Å². The number of anilines is 1. The topological polar surface area (TPSA) is 58.0 Å². The van der Waals surface area contributed by atoms with Crippen LogP contribution in [0.5, 0.6) is 11.5 Å². The summed E-state index contributed by atoms with van der Waals surface area (Å²) >= 11 is 0. The molecule has 0 saturated carbocycles. The third-order valence-electron chi connectivity index (χ3n) is 5.49. The van der Waals surface area contributed by atoms with E-state index in [1.165, 1.54) is 0 Å². The van der Waals surface area contributed by atoms with Crippen molar-refractivity contribution in [3.8, 4) is 11.5 Å². The van der Waals surface area contributed by atoms with Crippen LogP contribution in [0.1, 0.15) is 23.6 Å². The molecule has 1 atom stereocenters. The van der Waals surface area contributed by atoms with Crippen LogP contribution in [0, 0.1) is 0 Å². The highest BCUT2D eigenvalue weighted by molar-refractivity contribution is 6.03. The van der Waals surface area contributed by atoms with Gasteiger partial charge in [0.05, 0.1) is 24.6 Å². The van der Waals surface area contributed by atoms with E-state index in [9.17, 15) is 5.11 Å². The number of para-hydroxylation sites is 1. The van der Waals surface area contributed by atoms with Crippen LogP contribution in [0.3, 0.4) is 0 Å². The molecule has 4 aromatic rings. The van der Waals surface area contributed by atoms with Crippen molar-refractivity contribution in [2.75, 3.05) is 12.1 Å². The molecule has 0 radical (unpaired) electrons. The number of hydrogen-bond acceptors (Lipinski definition) is 5. The molecule has 2 heterocycles. The summed E-state index contributed by atoms with van der Waals surface area (Å²) in [6, 6.07) is 25.6. The Balaban J connectivity index is 1.59. The molecule has 1 aliphatic heterocycles. The Bertz CT molecular complexity index is 1220. The average Bonchev–Trinajstić information content (AvgIpc) is 3.25. The molecule has 1 N–H and O–H groups in total. The Kier molecular flexibility index (Phi) is 4.56. The Morgan fingerprint density at radius 2 is 1.73 bits per heavy atom. The van der Waals surface area contributed by atoms with Gasteiger partial charge in [0, 0.05) is 23.6 Å². The van der Waals surface area contributed by atoms with Crippen LogP contribution in [0.2, 0.25) is 0 Å². The Labute approximate surface area is 174 Å². The number of fused-ring (bicyclic) bond motifs is 1. The van der Waals surface area contributed by atoms with Crippen LogP contribution in [-0.4, -0.2) is 22.9 Å². The van der Waals surface area contributed by atoms with E-state index in [0.29, 0.717) is 11.9 Å². The van der Waals surface area contributed by atoms with Crippen molar-refractivity contribution < 1.29 is 9.84 Å². The van der Waals surface area contributed by atoms with Gasteiger partial charge < -0.3 is 9.84 Å². The molecule has 0 amide bonds. The maximum atomic E-state index is 11.0. The van der Waals surface area contributed by atoms with Crippen molar-refractivity contribution in [1.29, 1.82) is 0 Å². The molecule has 5 heteroatoms. The van der Waals surface area contributed by atoms with Gasteiger partial charge in [-0.15, -0.1) is 0 Å². The third-order valence-corrected chi connectivity index (χ3v) is 5.49. The number of methoxy groups -OCH3 is 1. The third kappa shape index (κ3) is 3.14. The number of aromatic hydroxyl groups is 1. The van der Waals surface area contributed by atoms with Crippen molar-refractivity contribution in [2.45, 2.75) is 12.5 Å². The number of nitrogens with zero attached hydrogens (tertiary/aromatic N) is 3. The lowest BCUT2D eigenvalue weighted by molar-refractivity contribution is 0.415. The summed E-state index contributed by atoms with van der Waals surface area (Å²) in [4.78, 5) is 4.39. The van der Waals surface area contributed by atoms with Crippen molar-refractivity contribution in [2.24, 2.45) is 5.10 Å². The lowest BCUT2D eigenvalue weighted by Gasteiger charge is -2.24. The van der Waals surface area contributed by atoms with Crippen LogP contribution in [0.4, 0.5) is 5.69 Å². The molecule has 148 valence electrons. The summed E-state index contributed by atoms with van der Waals surface area (Å²) in [5.41, 5.74) is 4.41. The van der Waals surface area contributed by atoms with Gasteiger partial charge in [0.1, 0.15) is 17.0 Å².